The number of aliphatic hydroxyl groups excluding tert-OH is 2. The maximum absolute atomic E-state index is 13.5. The van der Waals surface area contributed by atoms with Crippen LogP contribution in [0.3, 0.4) is 0 Å². The number of primary amides is 1. The van der Waals surface area contributed by atoms with Crippen LogP contribution in [0.1, 0.15) is 68.2 Å². The zero-order valence-electron chi connectivity index (χ0n) is 32.5. The third kappa shape index (κ3) is 20.4. The highest BCUT2D eigenvalue weighted by Gasteiger charge is 2.38. The van der Waals surface area contributed by atoms with Crippen LogP contribution in [0.5, 0.6) is 0 Å². The third-order valence-corrected chi connectivity index (χ3v) is 7.52. The number of halogens is 3. The van der Waals surface area contributed by atoms with Crippen LogP contribution in [0.25, 0.3) is 0 Å². The number of carbonyl (C=O) groups excluding carboxylic acids is 7. The first-order chi connectivity index (χ1) is 25.6. The number of carboxylic acids is 1. The van der Waals surface area contributed by atoms with Crippen LogP contribution in [0, 0.1) is 17.8 Å². The zero-order chi connectivity index (χ0) is 44.2. The smallest absolute Gasteiger partial charge is 0.475 e. The van der Waals surface area contributed by atoms with Gasteiger partial charge in [0.1, 0.15) is 36.3 Å². The van der Waals surface area contributed by atoms with Crippen molar-refractivity contribution in [1.29, 1.82) is 0 Å². The minimum Gasteiger partial charge on any atom is -0.475 e. The number of aliphatic carboxylic acids is 1. The number of nitrogens with one attached hydrogen (secondary N) is 6. The van der Waals surface area contributed by atoms with Gasteiger partial charge in [-0.3, -0.25) is 38.6 Å². The maximum atomic E-state index is 13.5. The Hall–Kier alpha value is -5.26. The van der Waals surface area contributed by atoms with E-state index in [0.29, 0.717) is 0 Å². The first-order valence-corrected chi connectivity index (χ1v) is 17.3. The van der Waals surface area contributed by atoms with Crippen molar-refractivity contribution in [3.8, 4) is 0 Å². The fraction of sp³-hybridized carbons (Fsp3) is 0.719. The van der Waals surface area contributed by atoms with Gasteiger partial charge in [-0.2, -0.15) is 13.2 Å². The first kappa shape index (κ1) is 52.8. The maximum Gasteiger partial charge on any atom is 0.490 e. The molecule has 24 heteroatoms. The number of carboxylic acid groups (broad SMARTS) is 1. The van der Waals surface area contributed by atoms with Crippen LogP contribution in [0.15, 0.2) is 4.99 Å². The van der Waals surface area contributed by atoms with Crippen molar-refractivity contribution in [2.24, 2.45) is 39.9 Å². The van der Waals surface area contributed by atoms with Crippen molar-refractivity contribution in [2.45, 2.75) is 117 Å². The Balaban J connectivity index is 0. The van der Waals surface area contributed by atoms with Crippen molar-refractivity contribution in [1.82, 2.24) is 31.9 Å². The summed E-state index contributed by atoms with van der Waals surface area (Å²) in [5.74, 6) is -9.80. The molecule has 0 saturated heterocycles. The fourth-order valence-electron chi connectivity index (χ4n) is 4.50. The number of guanidine groups is 1. The van der Waals surface area contributed by atoms with E-state index >= 15 is 0 Å². The molecule has 0 unspecified atom stereocenters. The number of nitrogens with zero attached hydrogens (tertiary/aromatic N) is 1. The molecule has 0 aromatic carbocycles. The molecule has 7 amide bonds. The van der Waals surface area contributed by atoms with Gasteiger partial charge in [0.05, 0.1) is 12.7 Å². The van der Waals surface area contributed by atoms with E-state index in [1.807, 2.05) is 0 Å². The lowest BCUT2D eigenvalue weighted by atomic mass is 9.97. The van der Waals surface area contributed by atoms with Crippen LogP contribution >= 0.6 is 0 Å². The summed E-state index contributed by atoms with van der Waals surface area (Å²) in [6.45, 7) is 11.7. The Morgan fingerprint density at radius 2 is 0.982 bits per heavy atom. The molecule has 322 valence electrons. The van der Waals surface area contributed by atoms with Gasteiger partial charge < -0.3 is 64.4 Å². The molecule has 0 bridgehead atoms. The summed E-state index contributed by atoms with van der Waals surface area (Å²) in [6.07, 6.45) is -6.18. The average molecular weight is 815 g/mol. The highest BCUT2D eigenvalue weighted by atomic mass is 19.4. The number of aliphatic imine (C=N–C) groups is 1. The Morgan fingerprint density at radius 1 is 0.625 bits per heavy atom. The fourth-order valence-corrected chi connectivity index (χ4v) is 4.50. The SMILES string of the molecule is CC(=O)N[C@@H](CO)C(=O)N[C@H](C(=O)N[C@H](C(=O)N[C@H](C(=O)N[C@@H](CCCN=C(N)N)C(=O)N[C@H](C(N)=O)[C@@H](C)O)C(C)C)C(C)C)C(C)C.O=C(O)C(F)(F)F. The molecule has 0 fully saturated rings. The second kappa shape index (κ2) is 25.0. The molecule has 0 rings (SSSR count). The molecule has 0 aromatic heterocycles. The molecule has 0 aliphatic carbocycles. The summed E-state index contributed by atoms with van der Waals surface area (Å²) in [5.41, 5.74) is 16.0. The van der Waals surface area contributed by atoms with E-state index < -0.39 is 120 Å². The number of hydrogen-bond acceptors (Lipinski definition) is 11. The number of hydrogen-bond donors (Lipinski definition) is 12. The highest BCUT2D eigenvalue weighted by Crippen LogP contribution is 2.13. The summed E-state index contributed by atoms with van der Waals surface area (Å²) in [6, 6.07) is -7.53. The Labute approximate surface area is 321 Å². The van der Waals surface area contributed by atoms with Crippen molar-refractivity contribution < 1.29 is 66.8 Å². The van der Waals surface area contributed by atoms with Gasteiger partial charge >= 0.3 is 12.1 Å². The number of nitrogens with two attached hydrogens (primary N) is 3. The summed E-state index contributed by atoms with van der Waals surface area (Å²) >= 11 is 0. The number of amides is 7. The number of rotatable bonds is 21. The lowest BCUT2D eigenvalue weighted by Gasteiger charge is -2.30. The van der Waals surface area contributed by atoms with Crippen molar-refractivity contribution in [2.75, 3.05) is 13.2 Å². The largest absolute Gasteiger partial charge is 0.490 e. The van der Waals surface area contributed by atoms with Gasteiger partial charge in [-0.15, -0.1) is 0 Å². The van der Waals surface area contributed by atoms with Gasteiger partial charge in [-0.05, 0) is 37.5 Å². The number of alkyl halides is 3. The van der Waals surface area contributed by atoms with E-state index in [1.165, 1.54) is 13.8 Å². The van der Waals surface area contributed by atoms with Crippen molar-refractivity contribution in [3.05, 3.63) is 0 Å². The molecule has 56 heavy (non-hydrogen) atoms. The highest BCUT2D eigenvalue weighted by molar-refractivity contribution is 5.97. The van der Waals surface area contributed by atoms with Crippen molar-refractivity contribution >= 4 is 53.3 Å². The normalized spacial score (nSPS) is 14.9. The van der Waals surface area contributed by atoms with Crippen LogP contribution in [0.4, 0.5) is 13.2 Å². The van der Waals surface area contributed by atoms with Gasteiger partial charge in [0.25, 0.3) is 0 Å². The summed E-state index contributed by atoms with van der Waals surface area (Å²) < 4.78 is 31.7. The van der Waals surface area contributed by atoms with Gasteiger partial charge in [0.2, 0.25) is 41.4 Å². The molecule has 0 aliphatic rings. The predicted molar refractivity (Wildman–Crippen MR) is 193 cm³/mol. The molecular formula is C32H57F3N10O11. The van der Waals surface area contributed by atoms with Crippen molar-refractivity contribution in [3.63, 3.8) is 0 Å². The van der Waals surface area contributed by atoms with Crippen LogP contribution in [0.2, 0.25) is 0 Å². The molecule has 0 aromatic rings. The Kier molecular flexibility index (Phi) is 23.6. The van der Waals surface area contributed by atoms with Crippen LogP contribution in [-0.4, -0.2) is 130 Å². The van der Waals surface area contributed by atoms with E-state index in [0.717, 1.165) is 0 Å². The van der Waals surface area contributed by atoms with E-state index in [9.17, 15) is 56.9 Å². The Morgan fingerprint density at radius 3 is 1.29 bits per heavy atom. The monoisotopic (exact) mass is 814 g/mol. The molecular weight excluding hydrogens is 757 g/mol. The van der Waals surface area contributed by atoms with Gasteiger partial charge in [0.15, 0.2) is 5.96 Å². The zero-order valence-corrected chi connectivity index (χ0v) is 32.5. The van der Waals surface area contributed by atoms with E-state index in [4.69, 9.17) is 27.1 Å². The molecule has 0 aliphatic heterocycles. The molecule has 7 atom stereocenters. The lowest BCUT2D eigenvalue weighted by Crippen LogP contribution is -2.62. The standard InChI is InChI=1S/C30H56N10O9.C2HF3O2/c1-13(2)20(27(47)36-18(10-9-11-34-30(32)33)25(45)40-23(16(7)42)24(31)44)38-29(49)22(15(5)6)39-28(48)21(14(3)4)37-26(46)19(12-41)35-17(8)43;3-2(4,5)1(6)7/h13-16,18-23,41-42H,9-12H2,1-8H3,(H2,31,44)(H,35,43)(H,36,47)(H,37,46)(H,38,49)(H,39,48)(H,40,45)(H4,32,33,34);(H,6,7)/t16-,18+,19+,20+,21+,22+,23+;/m1./s1. The second-order valence-electron chi connectivity index (χ2n) is 13.6. The molecule has 0 saturated carbocycles. The number of carbonyl (C=O) groups is 8. The molecule has 0 radical (unpaired) electrons. The van der Waals surface area contributed by atoms with Crippen LogP contribution in [-0.2, 0) is 38.4 Å². The van der Waals surface area contributed by atoms with Gasteiger partial charge in [0, 0.05) is 13.5 Å². The summed E-state index contributed by atoms with van der Waals surface area (Å²) in [4.78, 5) is 102. The number of aliphatic hydroxyl groups is 2. The van der Waals surface area contributed by atoms with E-state index in [2.05, 4.69) is 36.9 Å². The van der Waals surface area contributed by atoms with E-state index in [-0.39, 0.29) is 25.3 Å². The quantitative estimate of drug-likeness (QED) is 0.0304. The molecule has 0 heterocycles. The minimum absolute atomic E-state index is 0.00443. The summed E-state index contributed by atoms with van der Waals surface area (Å²) in [5, 5.41) is 41.5. The topological polar surface area (TPSA) is 360 Å². The van der Waals surface area contributed by atoms with Gasteiger partial charge in [-0.25, -0.2) is 4.79 Å². The van der Waals surface area contributed by atoms with Gasteiger partial charge in [-0.1, -0.05) is 41.5 Å². The molecule has 21 nitrogen and oxygen atoms in total. The average Bonchev–Trinajstić information content (AvgIpc) is 3.05. The minimum atomic E-state index is -5.08. The first-order valence-electron chi connectivity index (χ1n) is 17.3. The molecule has 0 spiro atoms. The predicted octanol–water partition coefficient (Wildman–Crippen LogP) is -3.57. The Bertz CT molecular complexity index is 1390. The van der Waals surface area contributed by atoms with Crippen LogP contribution < -0.4 is 49.1 Å². The lowest BCUT2D eigenvalue weighted by molar-refractivity contribution is -0.192. The van der Waals surface area contributed by atoms with E-state index in [1.54, 1.807) is 41.5 Å². The third-order valence-electron chi connectivity index (χ3n) is 7.52. The molecule has 15 N–H and O–H groups in total. The second-order valence-corrected chi connectivity index (χ2v) is 13.6. The summed E-state index contributed by atoms with van der Waals surface area (Å²) in [7, 11) is 0.